The van der Waals surface area contributed by atoms with E-state index in [1.54, 1.807) is 11.9 Å². The number of nitrogens with zero attached hydrogens (tertiary/aromatic N) is 4. The molecule has 14 heavy (non-hydrogen) atoms. The van der Waals surface area contributed by atoms with Crippen LogP contribution in [0.1, 0.15) is 18.9 Å². The summed E-state index contributed by atoms with van der Waals surface area (Å²) in [7, 11) is 1.80. The summed E-state index contributed by atoms with van der Waals surface area (Å²) in [5, 5.41) is 8.49. The van der Waals surface area contributed by atoms with E-state index < -0.39 is 0 Å². The van der Waals surface area contributed by atoms with E-state index in [1.165, 1.54) is 0 Å². The molecule has 0 aliphatic heterocycles. The third kappa shape index (κ3) is 2.70. The maximum absolute atomic E-state index is 8.49. The fraction of sp³-hybridized carbons (Fsp3) is 0.500. The highest BCUT2D eigenvalue weighted by molar-refractivity contribution is 5.29. The van der Waals surface area contributed by atoms with E-state index in [0.717, 1.165) is 18.4 Å². The first-order valence-corrected chi connectivity index (χ1v) is 4.67. The molecule has 0 saturated heterocycles. The van der Waals surface area contributed by atoms with Gasteiger partial charge in [-0.15, -0.1) is 0 Å². The Morgan fingerprint density at radius 1 is 1.43 bits per heavy atom. The average molecular weight is 190 g/mol. The van der Waals surface area contributed by atoms with Crippen molar-refractivity contribution < 1.29 is 0 Å². The SMILES string of the molecule is CCCc1cnc(N(C)CC#N)nc1. The molecule has 0 spiro atoms. The Labute approximate surface area is 84.2 Å². The lowest BCUT2D eigenvalue weighted by Gasteiger charge is -2.12. The molecule has 1 aromatic rings. The van der Waals surface area contributed by atoms with Crippen LogP contribution in [0.25, 0.3) is 0 Å². The van der Waals surface area contributed by atoms with Gasteiger partial charge in [-0.3, -0.25) is 0 Å². The molecule has 74 valence electrons. The van der Waals surface area contributed by atoms with Gasteiger partial charge < -0.3 is 4.90 Å². The molecule has 4 nitrogen and oxygen atoms in total. The summed E-state index contributed by atoms with van der Waals surface area (Å²) < 4.78 is 0. The summed E-state index contributed by atoms with van der Waals surface area (Å²) in [5.74, 6) is 0.603. The number of aryl methyl sites for hydroxylation is 1. The lowest BCUT2D eigenvalue weighted by atomic mass is 10.2. The molecule has 1 rings (SSSR count). The van der Waals surface area contributed by atoms with Crippen LogP contribution in [0.5, 0.6) is 0 Å². The van der Waals surface area contributed by atoms with Crippen molar-refractivity contribution in [2.24, 2.45) is 0 Å². The van der Waals surface area contributed by atoms with Crippen LogP contribution >= 0.6 is 0 Å². The molecule has 0 aliphatic carbocycles. The summed E-state index contributed by atoms with van der Waals surface area (Å²) in [6.07, 6.45) is 5.73. The number of rotatable bonds is 4. The number of nitriles is 1. The highest BCUT2D eigenvalue weighted by atomic mass is 15.2. The standard InChI is InChI=1S/C10H14N4/c1-3-4-9-7-12-10(13-8-9)14(2)6-5-11/h7-8H,3-4,6H2,1-2H3. The molecule has 0 bridgehead atoms. The summed E-state index contributed by atoms with van der Waals surface area (Å²) in [6.45, 7) is 2.43. The Morgan fingerprint density at radius 2 is 2.07 bits per heavy atom. The Bertz CT molecular complexity index is 312. The van der Waals surface area contributed by atoms with Crippen molar-refractivity contribution in [3.05, 3.63) is 18.0 Å². The van der Waals surface area contributed by atoms with Crippen molar-refractivity contribution in [3.63, 3.8) is 0 Å². The van der Waals surface area contributed by atoms with Crippen LogP contribution in [-0.4, -0.2) is 23.6 Å². The van der Waals surface area contributed by atoms with E-state index in [2.05, 4.69) is 23.0 Å². The second-order valence-electron chi connectivity index (χ2n) is 3.16. The van der Waals surface area contributed by atoms with Crippen molar-refractivity contribution in [2.45, 2.75) is 19.8 Å². The molecule has 0 fully saturated rings. The molecule has 4 heteroatoms. The van der Waals surface area contributed by atoms with Crippen LogP contribution in [0.2, 0.25) is 0 Å². The van der Waals surface area contributed by atoms with E-state index in [-0.39, 0.29) is 0 Å². The van der Waals surface area contributed by atoms with Gasteiger partial charge in [-0.05, 0) is 12.0 Å². The molecule has 1 aromatic heterocycles. The molecule has 0 unspecified atom stereocenters. The maximum atomic E-state index is 8.49. The quantitative estimate of drug-likeness (QED) is 0.673. The zero-order valence-corrected chi connectivity index (χ0v) is 8.56. The van der Waals surface area contributed by atoms with Crippen LogP contribution in [0.3, 0.4) is 0 Å². The monoisotopic (exact) mass is 190 g/mol. The fourth-order valence-electron chi connectivity index (χ4n) is 1.14. The Hall–Kier alpha value is -1.63. The lowest BCUT2D eigenvalue weighted by Crippen LogP contribution is -2.19. The summed E-state index contributed by atoms with van der Waals surface area (Å²) in [5.41, 5.74) is 1.14. The third-order valence-electron chi connectivity index (χ3n) is 1.88. The van der Waals surface area contributed by atoms with Gasteiger partial charge in [0, 0.05) is 19.4 Å². The average Bonchev–Trinajstić information content (AvgIpc) is 2.20. The van der Waals surface area contributed by atoms with Crippen LogP contribution in [0.4, 0.5) is 5.95 Å². The minimum absolute atomic E-state index is 0.313. The predicted octanol–water partition coefficient (Wildman–Crippen LogP) is 1.39. The highest BCUT2D eigenvalue weighted by Gasteiger charge is 2.02. The topological polar surface area (TPSA) is 52.8 Å². The smallest absolute Gasteiger partial charge is 0.225 e. The number of hydrogen-bond acceptors (Lipinski definition) is 4. The molecule has 0 amide bonds. The van der Waals surface area contributed by atoms with Crippen LogP contribution in [0, 0.1) is 11.3 Å². The Balaban J connectivity index is 2.68. The molecular formula is C10H14N4. The van der Waals surface area contributed by atoms with Crippen molar-refractivity contribution in [1.29, 1.82) is 5.26 Å². The summed E-state index contributed by atoms with van der Waals surface area (Å²) in [4.78, 5) is 10.1. The molecular weight excluding hydrogens is 176 g/mol. The fourth-order valence-corrected chi connectivity index (χ4v) is 1.14. The molecule has 0 atom stereocenters. The summed E-state index contributed by atoms with van der Waals surface area (Å²) >= 11 is 0. The van der Waals surface area contributed by atoms with E-state index in [0.29, 0.717) is 12.5 Å². The van der Waals surface area contributed by atoms with Crippen molar-refractivity contribution >= 4 is 5.95 Å². The molecule has 0 saturated carbocycles. The number of anilines is 1. The second-order valence-corrected chi connectivity index (χ2v) is 3.16. The lowest BCUT2D eigenvalue weighted by molar-refractivity contribution is 0.882. The third-order valence-corrected chi connectivity index (χ3v) is 1.88. The second kappa shape index (κ2) is 5.18. The molecule has 0 aromatic carbocycles. The largest absolute Gasteiger partial charge is 0.331 e. The van der Waals surface area contributed by atoms with Gasteiger partial charge in [-0.2, -0.15) is 5.26 Å². The zero-order valence-electron chi connectivity index (χ0n) is 8.56. The number of hydrogen-bond donors (Lipinski definition) is 0. The first kappa shape index (κ1) is 10.5. The van der Waals surface area contributed by atoms with E-state index in [1.807, 2.05) is 12.4 Å². The first-order chi connectivity index (χ1) is 6.77. The number of aromatic nitrogens is 2. The van der Waals surface area contributed by atoms with Gasteiger partial charge >= 0.3 is 0 Å². The van der Waals surface area contributed by atoms with Gasteiger partial charge in [0.1, 0.15) is 6.54 Å². The van der Waals surface area contributed by atoms with Crippen LogP contribution < -0.4 is 4.90 Å². The van der Waals surface area contributed by atoms with Gasteiger partial charge in [0.15, 0.2) is 0 Å². The maximum Gasteiger partial charge on any atom is 0.225 e. The minimum Gasteiger partial charge on any atom is -0.331 e. The van der Waals surface area contributed by atoms with Gasteiger partial charge in [-0.25, -0.2) is 9.97 Å². The van der Waals surface area contributed by atoms with Gasteiger partial charge in [0.25, 0.3) is 0 Å². The molecule has 1 heterocycles. The highest BCUT2D eigenvalue weighted by Crippen LogP contribution is 2.05. The van der Waals surface area contributed by atoms with Crippen molar-refractivity contribution in [1.82, 2.24) is 9.97 Å². The van der Waals surface area contributed by atoms with E-state index >= 15 is 0 Å². The van der Waals surface area contributed by atoms with Crippen LogP contribution in [0.15, 0.2) is 12.4 Å². The Kier molecular flexibility index (Phi) is 3.86. The Morgan fingerprint density at radius 3 is 2.57 bits per heavy atom. The van der Waals surface area contributed by atoms with E-state index in [4.69, 9.17) is 5.26 Å². The molecule has 0 N–H and O–H groups in total. The zero-order chi connectivity index (χ0) is 10.4. The molecule has 0 aliphatic rings. The van der Waals surface area contributed by atoms with E-state index in [9.17, 15) is 0 Å². The van der Waals surface area contributed by atoms with Crippen molar-refractivity contribution in [3.8, 4) is 6.07 Å². The normalized spacial score (nSPS) is 9.50. The first-order valence-electron chi connectivity index (χ1n) is 4.67. The van der Waals surface area contributed by atoms with Crippen molar-refractivity contribution in [2.75, 3.05) is 18.5 Å². The van der Waals surface area contributed by atoms with Gasteiger partial charge in [0.2, 0.25) is 5.95 Å². The minimum atomic E-state index is 0.313. The van der Waals surface area contributed by atoms with Gasteiger partial charge in [-0.1, -0.05) is 13.3 Å². The predicted molar refractivity (Wildman–Crippen MR) is 54.9 cm³/mol. The van der Waals surface area contributed by atoms with Crippen LogP contribution in [-0.2, 0) is 6.42 Å². The molecule has 0 radical (unpaired) electrons. The van der Waals surface area contributed by atoms with Gasteiger partial charge in [0.05, 0.1) is 6.07 Å². The summed E-state index contributed by atoms with van der Waals surface area (Å²) in [6, 6.07) is 2.05.